The van der Waals surface area contributed by atoms with E-state index in [1.165, 1.54) is 18.2 Å². The highest BCUT2D eigenvalue weighted by Gasteiger charge is 2.14. The van der Waals surface area contributed by atoms with Crippen LogP contribution >= 0.6 is 11.6 Å². The molecule has 43 heavy (non-hydrogen) atoms. The minimum atomic E-state index is -4.41. The zero-order valence-corrected chi connectivity index (χ0v) is 24.7. The fourth-order valence-corrected chi connectivity index (χ4v) is 5.59. The minimum absolute atomic E-state index is 0.0689. The predicted octanol–water partition coefficient (Wildman–Crippen LogP) is 7.05. The summed E-state index contributed by atoms with van der Waals surface area (Å²) in [7, 11) is -7.96. The van der Waals surface area contributed by atoms with E-state index in [-0.39, 0.29) is 27.0 Å². The number of sulfone groups is 1. The van der Waals surface area contributed by atoms with Crippen molar-refractivity contribution >= 4 is 77.0 Å². The van der Waals surface area contributed by atoms with Gasteiger partial charge in [0.15, 0.2) is 9.84 Å². The first kappa shape index (κ1) is 29.7. The molecule has 0 fully saturated rings. The quantitative estimate of drug-likeness (QED) is 0.112. The smallest absolute Gasteiger partial charge is 0.295 e. The van der Waals surface area contributed by atoms with E-state index in [1.54, 1.807) is 60.7 Å². The molecule has 4 aromatic carbocycles. The van der Waals surface area contributed by atoms with Crippen LogP contribution in [0.15, 0.2) is 111 Å². The second-order valence-electron chi connectivity index (χ2n) is 9.08. The Kier molecular flexibility index (Phi) is 8.19. The molecule has 0 saturated carbocycles. The van der Waals surface area contributed by atoms with Crippen molar-refractivity contribution in [3.8, 4) is 0 Å². The van der Waals surface area contributed by atoms with Crippen LogP contribution < -0.4 is 10.6 Å². The average molecular weight is 636 g/mol. The molecule has 0 atom stereocenters. The molecule has 0 unspecified atom stereocenters. The number of fused-ring (bicyclic) bond motifs is 1. The largest absolute Gasteiger partial charge is 0.324 e. The Hall–Kier alpha value is -4.76. The standard InChI is InChI=1S/C28H22ClN7O5S2/c1-3-42(37,38)22-12-9-19(10-13-22)30-27-32-26(29)33-28(34-27)31-20-11-14-24(17(2)15-20)36-35-21-8-7-18-5-4-6-25(23(18)16-21)43(39,40)41/h3-16H,1H2,2H3,(H,39,40,41)(H2,30,31,32,33,34). The first-order valence-electron chi connectivity index (χ1n) is 12.4. The summed E-state index contributed by atoms with van der Waals surface area (Å²) in [6.45, 7) is 5.15. The van der Waals surface area contributed by atoms with Crippen LogP contribution in [-0.4, -0.2) is 36.3 Å². The molecule has 5 rings (SSSR count). The van der Waals surface area contributed by atoms with Crippen molar-refractivity contribution in [1.82, 2.24) is 15.0 Å². The number of hydrogen-bond acceptors (Lipinski definition) is 11. The third-order valence-electron chi connectivity index (χ3n) is 6.10. The summed E-state index contributed by atoms with van der Waals surface area (Å²) in [5.41, 5.74) is 2.89. The van der Waals surface area contributed by atoms with Gasteiger partial charge in [-0.25, -0.2) is 8.42 Å². The van der Waals surface area contributed by atoms with Crippen molar-refractivity contribution in [3.63, 3.8) is 0 Å². The summed E-state index contributed by atoms with van der Waals surface area (Å²) < 4.78 is 57.0. The lowest BCUT2D eigenvalue weighted by Gasteiger charge is -2.10. The Morgan fingerprint density at radius 2 is 1.51 bits per heavy atom. The van der Waals surface area contributed by atoms with Gasteiger partial charge < -0.3 is 10.6 Å². The molecule has 0 aliphatic rings. The number of azo groups is 1. The van der Waals surface area contributed by atoms with Crippen LogP contribution in [0.5, 0.6) is 0 Å². The van der Waals surface area contributed by atoms with Gasteiger partial charge in [0.05, 0.1) is 16.3 Å². The highest BCUT2D eigenvalue weighted by Crippen LogP contribution is 2.30. The first-order chi connectivity index (χ1) is 20.4. The maximum atomic E-state index is 11.9. The Morgan fingerprint density at radius 1 is 0.837 bits per heavy atom. The monoisotopic (exact) mass is 635 g/mol. The Bertz CT molecular complexity index is 2120. The molecule has 0 bridgehead atoms. The maximum Gasteiger partial charge on any atom is 0.295 e. The van der Waals surface area contributed by atoms with E-state index in [1.807, 2.05) is 6.92 Å². The molecule has 12 nitrogen and oxygen atoms in total. The van der Waals surface area contributed by atoms with E-state index in [4.69, 9.17) is 11.6 Å². The lowest BCUT2D eigenvalue weighted by Crippen LogP contribution is -2.04. The molecule has 1 aromatic heterocycles. The van der Waals surface area contributed by atoms with Gasteiger partial charge in [-0.15, -0.1) is 0 Å². The van der Waals surface area contributed by atoms with Crippen molar-refractivity contribution < 1.29 is 21.4 Å². The number of aryl methyl sites for hydroxylation is 1. The topological polar surface area (TPSA) is 176 Å². The van der Waals surface area contributed by atoms with Crippen molar-refractivity contribution in [2.75, 3.05) is 10.6 Å². The highest BCUT2D eigenvalue weighted by molar-refractivity contribution is 7.94. The van der Waals surface area contributed by atoms with E-state index in [0.717, 1.165) is 11.0 Å². The van der Waals surface area contributed by atoms with Crippen LogP contribution in [0.4, 0.5) is 34.6 Å². The van der Waals surface area contributed by atoms with Crippen LogP contribution in [0.25, 0.3) is 10.8 Å². The molecular weight excluding hydrogens is 614 g/mol. The number of benzene rings is 4. The molecule has 15 heteroatoms. The Balaban J connectivity index is 1.32. The van der Waals surface area contributed by atoms with E-state index in [2.05, 4.69) is 42.4 Å². The summed E-state index contributed by atoms with van der Waals surface area (Å²) in [5.74, 6) is 0.296. The van der Waals surface area contributed by atoms with Crippen molar-refractivity contribution in [1.29, 1.82) is 0 Å². The summed E-state index contributed by atoms with van der Waals surface area (Å²) in [5, 5.41) is 16.3. The molecule has 3 N–H and O–H groups in total. The molecule has 218 valence electrons. The lowest BCUT2D eigenvalue weighted by atomic mass is 10.1. The zero-order chi connectivity index (χ0) is 30.8. The van der Waals surface area contributed by atoms with Gasteiger partial charge >= 0.3 is 0 Å². The van der Waals surface area contributed by atoms with E-state index < -0.39 is 20.0 Å². The molecule has 1 heterocycles. The lowest BCUT2D eigenvalue weighted by molar-refractivity contribution is 0.484. The molecular formula is C28H22ClN7O5S2. The van der Waals surface area contributed by atoms with Crippen molar-refractivity contribution in [2.24, 2.45) is 10.2 Å². The molecule has 5 aromatic rings. The van der Waals surface area contributed by atoms with Gasteiger partial charge in [0.2, 0.25) is 17.2 Å². The van der Waals surface area contributed by atoms with Crippen LogP contribution in [-0.2, 0) is 20.0 Å². The number of anilines is 4. The zero-order valence-electron chi connectivity index (χ0n) is 22.3. The van der Waals surface area contributed by atoms with Crippen LogP contribution in [0.3, 0.4) is 0 Å². The average Bonchev–Trinajstić information content (AvgIpc) is 2.96. The van der Waals surface area contributed by atoms with Crippen LogP contribution in [0.1, 0.15) is 5.56 Å². The molecule has 0 aliphatic heterocycles. The number of hydrogen-bond donors (Lipinski definition) is 3. The third-order valence-corrected chi connectivity index (χ3v) is 8.55. The van der Waals surface area contributed by atoms with Gasteiger partial charge in [0.1, 0.15) is 4.90 Å². The molecule has 0 radical (unpaired) electrons. The Morgan fingerprint density at radius 3 is 2.16 bits per heavy atom. The van der Waals surface area contributed by atoms with Gasteiger partial charge in [-0.05, 0) is 90.1 Å². The summed E-state index contributed by atoms with van der Waals surface area (Å²) >= 11 is 6.11. The number of nitrogens with zero attached hydrogens (tertiary/aromatic N) is 5. The number of halogens is 1. The number of aromatic nitrogens is 3. The first-order valence-corrected chi connectivity index (χ1v) is 15.7. The maximum absolute atomic E-state index is 11.9. The van der Waals surface area contributed by atoms with Gasteiger partial charge in [0, 0.05) is 22.2 Å². The highest BCUT2D eigenvalue weighted by atomic mass is 35.5. The normalized spacial score (nSPS) is 12.0. The fraction of sp³-hybridized carbons (Fsp3) is 0.0357. The minimum Gasteiger partial charge on any atom is -0.324 e. The summed E-state index contributed by atoms with van der Waals surface area (Å²) in [4.78, 5) is 12.4. The van der Waals surface area contributed by atoms with Crippen LogP contribution in [0, 0.1) is 6.92 Å². The fourth-order valence-electron chi connectivity index (χ4n) is 4.02. The number of rotatable bonds is 9. The van der Waals surface area contributed by atoms with E-state index >= 15 is 0 Å². The van der Waals surface area contributed by atoms with Gasteiger partial charge in [-0.1, -0.05) is 24.8 Å². The second kappa shape index (κ2) is 11.9. The summed E-state index contributed by atoms with van der Waals surface area (Å²) in [6.07, 6.45) is 0. The van der Waals surface area contributed by atoms with Gasteiger partial charge in [-0.2, -0.15) is 33.6 Å². The SMILES string of the molecule is C=CS(=O)(=O)c1ccc(Nc2nc(Cl)nc(Nc3ccc(N=Nc4ccc5cccc(S(=O)(=O)O)c5c4)c(C)c3)n2)cc1. The predicted molar refractivity (Wildman–Crippen MR) is 164 cm³/mol. The summed E-state index contributed by atoms with van der Waals surface area (Å²) in [6, 6.07) is 20.8. The van der Waals surface area contributed by atoms with Gasteiger partial charge in [-0.3, -0.25) is 4.55 Å². The van der Waals surface area contributed by atoms with E-state index in [0.29, 0.717) is 33.5 Å². The van der Waals surface area contributed by atoms with E-state index in [9.17, 15) is 21.4 Å². The third kappa shape index (κ3) is 7.01. The number of nitrogens with one attached hydrogen (secondary N) is 2. The molecule has 0 saturated heterocycles. The Labute approximate surface area is 251 Å². The van der Waals surface area contributed by atoms with Crippen molar-refractivity contribution in [3.05, 3.63) is 102 Å². The molecule has 0 spiro atoms. The van der Waals surface area contributed by atoms with Crippen molar-refractivity contribution in [2.45, 2.75) is 16.7 Å². The molecule has 0 aliphatic carbocycles. The second-order valence-corrected chi connectivity index (χ2v) is 12.7. The van der Waals surface area contributed by atoms with Gasteiger partial charge in [0.25, 0.3) is 10.1 Å². The molecule has 0 amide bonds. The van der Waals surface area contributed by atoms with Crippen LogP contribution in [0.2, 0.25) is 5.28 Å².